The first-order valence-corrected chi connectivity index (χ1v) is 9.73. The number of H-pyrrole nitrogens is 1. The molecule has 156 valence electrons. The molecule has 3 aromatic heterocycles. The highest BCUT2D eigenvalue weighted by Crippen LogP contribution is 2.31. The summed E-state index contributed by atoms with van der Waals surface area (Å²) in [5.41, 5.74) is 3.46. The Morgan fingerprint density at radius 1 is 1.00 bits per heavy atom. The van der Waals surface area contributed by atoms with Gasteiger partial charge >= 0.3 is 6.18 Å². The van der Waals surface area contributed by atoms with Gasteiger partial charge in [0.2, 0.25) is 0 Å². The molecule has 0 atom stereocenters. The molecule has 0 fully saturated rings. The number of alkyl halides is 3. The summed E-state index contributed by atoms with van der Waals surface area (Å²) >= 11 is 0. The number of rotatable bonds is 3. The van der Waals surface area contributed by atoms with E-state index in [-0.39, 0.29) is 5.56 Å². The van der Waals surface area contributed by atoms with Gasteiger partial charge < -0.3 is 14.1 Å². The van der Waals surface area contributed by atoms with Gasteiger partial charge in [0.25, 0.3) is 5.56 Å². The van der Waals surface area contributed by atoms with E-state index in [1.54, 1.807) is 17.8 Å². The van der Waals surface area contributed by atoms with E-state index in [1.807, 2.05) is 47.3 Å². The molecule has 0 aliphatic rings. The Kier molecular flexibility index (Phi) is 4.28. The van der Waals surface area contributed by atoms with E-state index in [0.717, 1.165) is 45.1 Å². The van der Waals surface area contributed by atoms with Crippen LogP contribution in [-0.4, -0.2) is 14.1 Å². The first kappa shape index (κ1) is 19.2. The fourth-order valence-electron chi connectivity index (χ4n) is 3.98. The Bertz CT molecular complexity index is 1470. The van der Waals surface area contributed by atoms with E-state index < -0.39 is 11.7 Å². The van der Waals surface area contributed by atoms with Crippen LogP contribution in [0.3, 0.4) is 0 Å². The van der Waals surface area contributed by atoms with Crippen LogP contribution in [0.4, 0.5) is 13.2 Å². The second-order valence-electron chi connectivity index (χ2n) is 7.64. The zero-order valence-corrected chi connectivity index (χ0v) is 16.6. The van der Waals surface area contributed by atoms with Gasteiger partial charge in [0.15, 0.2) is 0 Å². The Balaban J connectivity index is 1.56. The average Bonchev–Trinajstić information content (AvgIpc) is 3.38. The van der Waals surface area contributed by atoms with Crippen LogP contribution in [0.1, 0.15) is 11.1 Å². The van der Waals surface area contributed by atoms with Crippen LogP contribution in [0.2, 0.25) is 0 Å². The molecular formula is C24H18F3N3O. The summed E-state index contributed by atoms with van der Waals surface area (Å²) in [6.07, 6.45) is 1.16. The lowest BCUT2D eigenvalue weighted by Crippen LogP contribution is -2.16. The number of hydrogen-bond donors (Lipinski definition) is 1. The Morgan fingerprint density at radius 3 is 2.52 bits per heavy atom. The molecule has 5 rings (SSSR count). The molecule has 0 aliphatic carbocycles. The standard InChI is InChI=1S/C24H18F3N3O/c1-29-14-20(19-8-10-28-22(19)23(29)31)17-5-4-16-9-11-30(21(16)12-17)13-15-2-6-18(7-3-15)24(25,26)27/h2-12,14,28H,13H2,1H3. The van der Waals surface area contributed by atoms with Crippen molar-refractivity contribution >= 4 is 21.8 Å². The first-order chi connectivity index (χ1) is 14.8. The second kappa shape index (κ2) is 6.91. The van der Waals surface area contributed by atoms with E-state index in [1.165, 1.54) is 12.1 Å². The van der Waals surface area contributed by atoms with Crippen molar-refractivity contribution in [3.8, 4) is 11.1 Å². The van der Waals surface area contributed by atoms with Crippen LogP contribution in [0.25, 0.3) is 32.9 Å². The molecule has 3 heterocycles. The van der Waals surface area contributed by atoms with Crippen molar-refractivity contribution in [3.05, 3.63) is 94.7 Å². The van der Waals surface area contributed by atoms with Crippen molar-refractivity contribution in [2.24, 2.45) is 7.05 Å². The van der Waals surface area contributed by atoms with Gasteiger partial charge in [-0.3, -0.25) is 4.79 Å². The Labute approximate surface area is 175 Å². The lowest BCUT2D eigenvalue weighted by atomic mass is 10.0. The number of aromatic amines is 1. The van der Waals surface area contributed by atoms with E-state index in [4.69, 9.17) is 0 Å². The third-order valence-corrected chi connectivity index (χ3v) is 5.61. The van der Waals surface area contributed by atoms with E-state index in [2.05, 4.69) is 4.98 Å². The van der Waals surface area contributed by atoms with Crippen molar-refractivity contribution in [2.75, 3.05) is 0 Å². The topological polar surface area (TPSA) is 42.7 Å². The fraction of sp³-hybridized carbons (Fsp3) is 0.125. The molecule has 0 saturated carbocycles. The molecule has 31 heavy (non-hydrogen) atoms. The molecule has 0 amide bonds. The minimum atomic E-state index is -4.34. The van der Waals surface area contributed by atoms with Crippen molar-refractivity contribution in [2.45, 2.75) is 12.7 Å². The van der Waals surface area contributed by atoms with Gasteiger partial charge in [-0.2, -0.15) is 13.2 Å². The molecule has 1 N–H and O–H groups in total. The van der Waals surface area contributed by atoms with Crippen LogP contribution >= 0.6 is 0 Å². The fourth-order valence-corrected chi connectivity index (χ4v) is 3.98. The summed E-state index contributed by atoms with van der Waals surface area (Å²) in [6, 6.07) is 15.2. The largest absolute Gasteiger partial charge is 0.416 e. The summed E-state index contributed by atoms with van der Waals surface area (Å²) < 4.78 is 42.0. The summed E-state index contributed by atoms with van der Waals surface area (Å²) in [5.74, 6) is 0. The van der Waals surface area contributed by atoms with Gasteiger partial charge in [-0.05, 0) is 46.8 Å². The molecule has 2 aromatic carbocycles. The van der Waals surface area contributed by atoms with E-state index in [0.29, 0.717) is 12.1 Å². The molecule has 0 aliphatic heterocycles. The number of halogens is 3. The van der Waals surface area contributed by atoms with Gasteiger partial charge in [-0.25, -0.2) is 0 Å². The minimum absolute atomic E-state index is 0.0875. The van der Waals surface area contributed by atoms with Crippen LogP contribution in [0.15, 0.2) is 78.0 Å². The number of fused-ring (bicyclic) bond motifs is 2. The summed E-state index contributed by atoms with van der Waals surface area (Å²) in [7, 11) is 1.72. The maximum Gasteiger partial charge on any atom is 0.416 e. The molecule has 0 bridgehead atoms. The zero-order valence-electron chi connectivity index (χ0n) is 16.6. The summed E-state index contributed by atoms with van der Waals surface area (Å²) in [5, 5.41) is 1.88. The van der Waals surface area contributed by atoms with Gasteiger partial charge in [-0.15, -0.1) is 0 Å². The average molecular weight is 421 g/mol. The van der Waals surface area contributed by atoms with Gasteiger partial charge in [0.1, 0.15) is 5.52 Å². The predicted octanol–water partition coefficient (Wildman–Crippen LogP) is 5.56. The zero-order chi connectivity index (χ0) is 21.8. The molecule has 5 aromatic rings. The van der Waals surface area contributed by atoms with Crippen molar-refractivity contribution < 1.29 is 13.2 Å². The maximum atomic E-state index is 12.8. The predicted molar refractivity (Wildman–Crippen MR) is 115 cm³/mol. The minimum Gasteiger partial charge on any atom is -0.357 e. The molecule has 0 spiro atoms. The lowest BCUT2D eigenvalue weighted by molar-refractivity contribution is -0.137. The van der Waals surface area contributed by atoms with Gasteiger partial charge in [0.05, 0.1) is 5.56 Å². The first-order valence-electron chi connectivity index (χ1n) is 9.73. The number of nitrogens with zero attached hydrogens (tertiary/aromatic N) is 2. The highest BCUT2D eigenvalue weighted by atomic mass is 19.4. The second-order valence-corrected chi connectivity index (χ2v) is 7.64. The number of benzene rings is 2. The van der Waals surface area contributed by atoms with Crippen molar-refractivity contribution in [1.29, 1.82) is 0 Å². The quantitative estimate of drug-likeness (QED) is 0.408. The third-order valence-electron chi connectivity index (χ3n) is 5.61. The van der Waals surface area contributed by atoms with Crippen LogP contribution in [0.5, 0.6) is 0 Å². The maximum absolute atomic E-state index is 12.8. The molecule has 0 radical (unpaired) electrons. The summed E-state index contributed by atoms with van der Waals surface area (Å²) in [6.45, 7) is 0.456. The van der Waals surface area contributed by atoms with Gasteiger partial charge in [0, 0.05) is 48.6 Å². The van der Waals surface area contributed by atoms with Crippen molar-refractivity contribution in [1.82, 2.24) is 14.1 Å². The molecular weight excluding hydrogens is 403 g/mol. The molecule has 0 saturated heterocycles. The van der Waals surface area contributed by atoms with Crippen LogP contribution < -0.4 is 5.56 Å². The Morgan fingerprint density at radius 2 is 1.77 bits per heavy atom. The van der Waals surface area contributed by atoms with E-state index in [9.17, 15) is 18.0 Å². The van der Waals surface area contributed by atoms with Gasteiger partial charge in [-0.1, -0.05) is 24.3 Å². The third kappa shape index (κ3) is 3.32. The molecule has 7 heteroatoms. The smallest absolute Gasteiger partial charge is 0.357 e. The van der Waals surface area contributed by atoms with Crippen LogP contribution in [0, 0.1) is 0 Å². The number of hydrogen-bond acceptors (Lipinski definition) is 1. The summed E-state index contributed by atoms with van der Waals surface area (Å²) in [4.78, 5) is 15.4. The number of aromatic nitrogens is 3. The number of pyridine rings is 1. The number of aryl methyl sites for hydroxylation is 1. The SMILES string of the molecule is Cn1cc(-c2ccc3ccn(Cc4ccc(C(F)(F)F)cc4)c3c2)c2cc[nH]c2c1=O. The lowest BCUT2D eigenvalue weighted by Gasteiger charge is -2.11. The molecule has 0 unspecified atom stereocenters. The van der Waals surface area contributed by atoms with Crippen LogP contribution in [-0.2, 0) is 19.8 Å². The molecule has 4 nitrogen and oxygen atoms in total. The number of nitrogens with one attached hydrogen (secondary N) is 1. The normalized spacial score (nSPS) is 12.1. The van der Waals surface area contributed by atoms with Crippen molar-refractivity contribution in [3.63, 3.8) is 0 Å². The highest BCUT2D eigenvalue weighted by molar-refractivity contribution is 5.96. The monoisotopic (exact) mass is 421 g/mol. The van der Waals surface area contributed by atoms with E-state index >= 15 is 0 Å². The highest BCUT2D eigenvalue weighted by Gasteiger charge is 2.29. The Hall–Kier alpha value is -3.74.